The van der Waals surface area contributed by atoms with Gasteiger partial charge in [-0.15, -0.1) is 0 Å². The van der Waals surface area contributed by atoms with Gasteiger partial charge in [0.25, 0.3) is 0 Å². The minimum atomic E-state index is -1.74. The molecule has 0 fully saturated rings. The molecule has 118 valence electrons. The molecule has 0 saturated heterocycles. The maximum Gasteiger partial charge on any atom is 0.192 e. The molecule has 5 heteroatoms. The average Bonchev–Trinajstić information content (AvgIpc) is 2.92. The van der Waals surface area contributed by atoms with E-state index in [1.54, 1.807) is 0 Å². The first-order chi connectivity index (χ1) is 10.3. The maximum atomic E-state index is 6.27. The van der Waals surface area contributed by atoms with E-state index in [0.717, 1.165) is 28.3 Å². The van der Waals surface area contributed by atoms with Gasteiger partial charge < -0.3 is 13.6 Å². The summed E-state index contributed by atoms with van der Waals surface area (Å²) in [5.41, 5.74) is 2.96. The van der Waals surface area contributed by atoms with Gasteiger partial charge in [-0.1, -0.05) is 26.8 Å². The lowest BCUT2D eigenvalue weighted by atomic mass is 10.1. The second-order valence-corrected chi connectivity index (χ2v) is 12.1. The van der Waals surface area contributed by atoms with Crippen LogP contribution >= 0.6 is 0 Å². The van der Waals surface area contributed by atoms with Crippen molar-refractivity contribution in [3.8, 4) is 17.1 Å². The molecule has 1 aliphatic rings. The molecule has 0 bridgehead atoms. The zero-order valence-electron chi connectivity index (χ0n) is 13.9. The van der Waals surface area contributed by atoms with Crippen LogP contribution in [0.1, 0.15) is 32.0 Å². The fourth-order valence-corrected chi connectivity index (χ4v) is 3.14. The summed E-state index contributed by atoms with van der Waals surface area (Å²) < 4.78 is 17.5. The van der Waals surface area contributed by atoms with Crippen LogP contribution in [-0.4, -0.2) is 13.3 Å². The monoisotopic (exact) mass is 317 g/mol. The fraction of sp³-hybridized carbons (Fsp3) is 0.471. The summed E-state index contributed by atoms with van der Waals surface area (Å²) in [5.74, 6) is 1.67. The Hall–Kier alpha value is -1.59. The molecule has 0 aliphatic carbocycles. The van der Waals surface area contributed by atoms with Crippen molar-refractivity contribution in [1.29, 1.82) is 0 Å². The van der Waals surface area contributed by atoms with Crippen molar-refractivity contribution in [3.63, 3.8) is 0 Å². The summed E-state index contributed by atoms with van der Waals surface area (Å²) in [4.78, 5) is 4.16. The summed E-state index contributed by atoms with van der Waals surface area (Å²) >= 11 is 0. The van der Waals surface area contributed by atoms with E-state index in [4.69, 9.17) is 13.6 Å². The first-order valence-electron chi connectivity index (χ1n) is 7.60. The third-order valence-corrected chi connectivity index (χ3v) is 9.18. The summed E-state index contributed by atoms with van der Waals surface area (Å²) in [6.07, 6.45) is 1.47. The van der Waals surface area contributed by atoms with Gasteiger partial charge in [0.05, 0.1) is 12.2 Å². The van der Waals surface area contributed by atoms with Gasteiger partial charge in [-0.3, -0.25) is 0 Å². The number of rotatable bonds is 3. The second kappa shape index (κ2) is 5.24. The predicted octanol–water partition coefficient (Wildman–Crippen LogP) is 4.76. The molecule has 0 atom stereocenters. The van der Waals surface area contributed by atoms with Gasteiger partial charge in [0.2, 0.25) is 0 Å². The Labute approximate surface area is 132 Å². The van der Waals surface area contributed by atoms with Crippen LogP contribution in [0.15, 0.2) is 29.0 Å². The number of oxazole rings is 1. The minimum absolute atomic E-state index is 0.215. The van der Waals surface area contributed by atoms with Crippen LogP contribution < -0.4 is 4.74 Å². The van der Waals surface area contributed by atoms with E-state index in [1.165, 1.54) is 6.39 Å². The molecule has 4 nitrogen and oxygen atoms in total. The van der Waals surface area contributed by atoms with Gasteiger partial charge in [0.1, 0.15) is 18.1 Å². The Morgan fingerprint density at radius 1 is 1.27 bits per heavy atom. The molecule has 2 aromatic rings. The number of hydrogen-bond acceptors (Lipinski definition) is 4. The minimum Gasteiger partial charge on any atom is -0.486 e. The second-order valence-electron chi connectivity index (χ2n) is 7.30. The molecule has 1 aromatic carbocycles. The SMILES string of the molecule is CC(C)(C)[Si](C)(C)OCc1ccc2c(c1)OCc1ncoc1-2. The van der Waals surface area contributed by atoms with Crippen LogP contribution in [0.3, 0.4) is 0 Å². The number of benzene rings is 1. The summed E-state index contributed by atoms with van der Waals surface area (Å²) in [6.45, 7) is 12.4. The van der Waals surface area contributed by atoms with E-state index in [0.29, 0.717) is 13.2 Å². The number of fused-ring (bicyclic) bond motifs is 3. The molecule has 0 amide bonds. The van der Waals surface area contributed by atoms with Crippen molar-refractivity contribution in [2.45, 2.75) is 52.1 Å². The molecule has 3 rings (SSSR count). The molecular formula is C17H23NO3Si. The lowest BCUT2D eigenvalue weighted by Gasteiger charge is -2.36. The van der Waals surface area contributed by atoms with E-state index in [9.17, 15) is 0 Å². The number of hydrogen-bond donors (Lipinski definition) is 0. The van der Waals surface area contributed by atoms with E-state index in [2.05, 4.69) is 44.9 Å². The molecular weight excluding hydrogens is 294 g/mol. The number of ether oxygens (including phenoxy) is 1. The highest BCUT2D eigenvalue weighted by Crippen LogP contribution is 2.39. The van der Waals surface area contributed by atoms with Gasteiger partial charge in [0, 0.05) is 0 Å². The van der Waals surface area contributed by atoms with Crippen LogP contribution in [-0.2, 0) is 17.6 Å². The standard InChI is InChI=1S/C17H23NO3Si/c1-17(2,3)22(4,5)21-9-12-6-7-13-15(8-12)19-10-14-16(13)20-11-18-14/h6-8,11H,9-10H2,1-5H3. The van der Waals surface area contributed by atoms with Gasteiger partial charge in [-0.05, 0) is 35.8 Å². The Morgan fingerprint density at radius 2 is 2.05 bits per heavy atom. The van der Waals surface area contributed by atoms with Gasteiger partial charge in [0.15, 0.2) is 20.5 Å². The van der Waals surface area contributed by atoms with Gasteiger partial charge >= 0.3 is 0 Å². The third kappa shape index (κ3) is 2.71. The quantitative estimate of drug-likeness (QED) is 0.766. The Kier molecular flexibility index (Phi) is 3.65. The average molecular weight is 317 g/mol. The van der Waals surface area contributed by atoms with Gasteiger partial charge in [-0.25, -0.2) is 4.98 Å². The Morgan fingerprint density at radius 3 is 2.77 bits per heavy atom. The Bertz CT molecular complexity index is 685. The first-order valence-corrected chi connectivity index (χ1v) is 10.5. The molecule has 2 heterocycles. The van der Waals surface area contributed by atoms with Crippen LogP contribution in [0.25, 0.3) is 11.3 Å². The number of nitrogens with zero attached hydrogens (tertiary/aromatic N) is 1. The van der Waals surface area contributed by atoms with Crippen LogP contribution in [0.5, 0.6) is 5.75 Å². The topological polar surface area (TPSA) is 44.5 Å². The normalized spacial score (nSPS) is 14.2. The molecule has 0 unspecified atom stereocenters. The molecule has 0 spiro atoms. The van der Waals surface area contributed by atoms with Crippen LogP contribution in [0.4, 0.5) is 0 Å². The largest absolute Gasteiger partial charge is 0.486 e. The Balaban J connectivity index is 1.79. The van der Waals surface area contributed by atoms with E-state index < -0.39 is 8.32 Å². The van der Waals surface area contributed by atoms with Gasteiger partial charge in [-0.2, -0.15) is 0 Å². The maximum absolute atomic E-state index is 6.27. The first kappa shape index (κ1) is 15.3. The summed E-state index contributed by atoms with van der Waals surface area (Å²) in [6, 6.07) is 6.16. The van der Waals surface area contributed by atoms with Crippen molar-refractivity contribution >= 4 is 8.32 Å². The molecule has 1 aromatic heterocycles. The van der Waals surface area contributed by atoms with Crippen molar-refractivity contribution in [1.82, 2.24) is 4.98 Å². The van der Waals surface area contributed by atoms with E-state index >= 15 is 0 Å². The highest BCUT2D eigenvalue weighted by atomic mass is 28.4. The zero-order chi connectivity index (χ0) is 16.0. The summed E-state index contributed by atoms with van der Waals surface area (Å²) in [5, 5.41) is 0.215. The summed E-state index contributed by atoms with van der Waals surface area (Å²) in [7, 11) is -1.74. The lowest BCUT2D eigenvalue weighted by Crippen LogP contribution is -2.40. The predicted molar refractivity (Wildman–Crippen MR) is 88.3 cm³/mol. The van der Waals surface area contributed by atoms with Crippen molar-refractivity contribution in [2.75, 3.05) is 0 Å². The van der Waals surface area contributed by atoms with E-state index in [1.807, 2.05) is 12.1 Å². The van der Waals surface area contributed by atoms with Crippen LogP contribution in [0.2, 0.25) is 18.1 Å². The van der Waals surface area contributed by atoms with Crippen molar-refractivity contribution in [2.24, 2.45) is 0 Å². The molecule has 1 aliphatic heterocycles. The van der Waals surface area contributed by atoms with Crippen molar-refractivity contribution < 1.29 is 13.6 Å². The fourth-order valence-electron chi connectivity index (χ4n) is 2.18. The molecule has 0 saturated carbocycles. The lowest BCUT2D eigenvalue weighted by molar-refractivity contribution is 0.272. The van der Waals surface area contributed by atoms with E-state index in [-0.39, 0.29) is 5.04 Å². The highest BCUT2D eigenvalue weighted by molar-refractivity contribution is 6.74. The molecule has 0 N–H and O–H groups in total. The third-order valence-electron chi connectivity index (χ3n) is 4.70. The van der Waals surface area contributed by atoms with Crippen LogP contribution in [0, 0.1) is 0 Å². The van der Waals surface area contributed by atoms with Crippen molar-refractivity contribution in [3.05, 3.63) is 35.9 Å². The molecule has 22 heavy (non-hydrogen) atoms. The number of aromatic nitrogens is 1. The smallest absolute Gasteiger partial charge is 0.192 e. The highest BCUT2D eigenvalue weighted by Gasteiger charge is 2.37. The zero-order valence-corrected chi connectivity index (χ0v) is 14.9. The molecule has 0 radical (unpaired) electrons.